The maximum Gasteiger partial charge on any atom is 0.145 e. The van der Waals surface area contributed by atoms with Crippen molar-refractivity contribution in [3.8, 4) is 33.4 Å². The molecule has 352 valence electrons. The van der Waals surface area contributed by atoms with Crippen LogP contribution in [0.15, 0.2) is 235 Å². The zero-order valence-corrected chi connectivity index (χ0v) is 41.6. The predicted octanol–water partition coefficient (Wildman–Crippen LogP) is 19.6. The Morgan fingerprint density at radius 3 is 1.49 bits per heavy atom. The standard InChI is InChI=1S/C70H50N2OS/c1-5-17-43(18-6-1)45-29-33-52(34-30-45)71(50-21-9-3-10-22-50)58-40-56-65(67-63(58)54-25-13-15-27-60(54)73-67)66-57(70(56)49-38-47-37-48-39-62(70)69(47,48)42-49)41-59(64-55-26-14-16-28-61(55)74-68(64)66)72(51-23-11-4-12-24-51)53-35-31-46(32-36-53)44-19-7-2-8-20-44/h1-36,40-41,47-49,62H,37-39,42H2. The first-order chi connectivity index (χ1) is 36.7. The van der Waals surface area contributed by atoms with E-state index in [-0.39, 0.29) is 5.41 Å². The molecule has 0 aliphatic heterocycles. The Bertz CT molecular complexity index is 3970. The number of fused-ring (bicyclic) bond motifs is 16. The zero-order chi connectivity index (χ0) is 48.3. The van der Waals surface area contributed by atoms with E-state index in [2.05, 4.69) is 240 Å². The van der Waals surface area contributed by atoms with Gasteiger partial charge in [-0.15, -0.1) is 11.3 Å². The maximum atomic E-state index is 7.54. The average molecular weight is 967 g/mol. The van der Waals surface area contributed by atoms with E-state index in [1.165, 1.54) is 107 Å². The SMILES string of the molecule is c1ccc(-c2ccc(N(c3ccccc3)c3cc4c(c5oc6ccccc6c35)-c3c(cc(N(c5ccccc5)c5ccc(-c6ccccc6)cc5)c5c3sc3ccccc35)C43C4CC5CC6CC3C56C4)cc2)cc1. The van der Waals surface area contributed by atoms with Gasteiger partial charge in [0.2, 0.25) is 0 Å². The number of furan rings is 1. The van der Waals surface area contributed by atoms with Gasteiger partial charge < -0.3 is 14.2 Å². The molecule has 74 heavy (non-hydrogen) atoms. The minimum absolute atomic E-state index is 0.182. The lowest BCUT2D eigenvalue weighted by atomic mass is 9.34. The van der Waals surface area contributed by atoms with Gasteiger partial charge in [-0.1, -0.05) is 158 Å². The highest BCUT2D eigenvalue weighted by Crippen LogP contribution is 2.88. The molecular formula is C70H50N2OS. The van der Waals surface area contributed by atoms with Crippen molar-refractivity contribution in [1.82, 2.24) is 0 Å². The van der Waals surface area contributed by atoms with Gasteiger partial charge in [-0.05, 0) is 161 Å². The second-order valence-corrected chi connectivity index (χ2v) is 23.0. The number of nitrogens with zero attached hydrogens (tertiary/aromatic N) is 2. The van der Waals surface area contributed by atoms with Gasteiger partial charge in [0, 0.05) is 64.8 Å². The third kappa shape index (κ3) is 5.36. The number of thiophene rings is 1. The van der Waals surface area contributed by atoms with E-state index in [9.17, 15) is 0 Å². The number of anilines is 6. The highest BCUT2D eigenvalue weighted by Gasteiger charge is 2.82. The van der Waals surface area contributed by atoms with Crippen LogP contribution in [-0.2, 0) is 5.41 Å². The average Bonchev–Trinajstić information content (AvgIpc) is 4.26. The third-order valence-electron chi connectivity index (χ3n) is 19.0. The van der Waals surface area contributed by atoms with Crippen LogP contribution >= 0.6 is 11.3 Å². The van der Waals surface area contributed by atoms with Crippen LogP contribution in [-0.4, -0.2) is 0 Å². The van der Waals surface area contributed by atoms with Crippen molar-refractivity contribution in [2.24, 2.45) is 29.1 Å². The molecule has 6 unspecified atom stereocenters. The Morgan fingerprint density at radius 2 is 0.892 bits per heavy atom. The normalized spacial score (nSPS) is 22.5. The van der Waals surface area contributed by atoms with Gasteiger partial charge in [-0.2, -0.15) is 0 Å². The van der Waals surface area contributed by atoms with E-state index >= 15 is 0 Å². The molecule has 0 amide bonds. The molecule has 3 nitrogen and oxygen atoms in total. The molecule has 2 spiro atoms. The summed E-state index contributed by atoms with van der Waals surface area (Å²) in [6.07, 6.45) is 5.34. The lowest BCUT2D eigenvalue weighted by molar-refractivity contribution is -0.193. The summed E-state index contributed by atoms with van der Waals surface area (Å²) in [5, 5.41) is 4.94. The molecule has 0 N–H and O–H groups in total. The van der Waals surface area contributed by atoms with Crippen molar-refractivity contribution in [1.29, 1.82) is 0 Å². The highest BCUT2D eigenvalue weighted by molar-refractivity contribution is 7.26. The first-order valence-corrected chi connectivity index (χ1v) is 27.5. The molecule has 0 radical (unpaired) electrons. The number of benzene rings is 10. The van der Waals surface area contributed by atoms with Crippen LogP contribution in [0, 0.1) is 29.1 Å². The monoisotopic (exact) mass is 966 g/mol. The van der Waals surface area contributed by atoms with Crippen LogP contribution in [0.1, 0.15) is 36.8 Å². The maximum absolute atomic E-state index is 7.54. The van der Waals surface area contributed by atoms with E-state index < -0.39 is 0 Å². The first-order valence-electron chi connectivity index (χ1n) is 26.7. The Kier molecular flexibility index (Phi) is 8.48. The van der Waals surface area contributed by atoms with E-state index in [1.807, 2.05) is 11.3 Å². The molecule has 0 saturated heterocycles. The van der Waals surface area contributed by atoms with Crippen LogP contribution in [0.25, 0.3) is 75.5 Å². The van der Waals surface area contributed by atoms with Crippen molar-refractivity contribution in [3.63, 3.8) is 0 Å². The molecule has 10 aromatic carbocycles. The quantitative estimate of drug-likeness (QED) is 0.151. The second kappa shape index (κ2) is 15.2. The van der Waals surface area contributed by atoms with Crippen LogP contribution in [0.4, 0.5) is 34.1 Å². The largest absolute Gasteiger partial charge is 0.455 e. The number of hydrogen-bond donors (Lipinski definition) is 0. The number of hydrogen-bond acceptors (Lipinski definition) is 4. The molecule has 5 aliphatic carbocycles. The molecule has 17 rings (SSSR count). The van der Waals surface area contributed by atoms with Gasteiger partial charge in [-0.3, -0.25) is 0 Å². The number of rotatable bonds is 8. The number of para-hydroxylation sites is 3. The highest BCUT2D eigenvalue weighted by atomic mass is 32.1. The summed E-state index contributed by atoms with van der Waals surface area (Å²) >= 11 is 1.98. The van der Waals surface area contributed by atoms with Gasteiger partial charge in [0.05, 0.1) is 16.8 Å². The van der Waals surface area contributed by atoms with Gasteiger partial charge in [-0.25, -0.2) is 0 Å². The fourth-order valence-corrected chi connectivity index (χ4v) is 17.4. The lowest BCUT2D eigenvalue weighted by Crippen LogP contribution is -2.65. The molecular weight excluding hydrogens is 917 g/mol. The first kappa shape index (κ1) is 41.3. The zero-order valence-electron chi connectivity index (χ0n) is 40.8. The predicted molar refractivity (Wildman–Crippen MR) is 308 cm³/mol. The van der Waals surface area contributed by atoms with Gasteiger partial charge in [0.15, 0.2) is 0 Å². The molecule has 2 heterocycles. The third-order valence-corrected chi connectivity index (χ3v) is 20.2. The summed E-state index contributed by atoms with van der Waals surface area (Å²) in [7, 11) is 0. The van der Waals surface area contributed by atoms with Crippen molar-refractivity contribution >= 4 is 87.6 Å². The Hall–Kier alpha value is -8.18. The van der Waals surface area contributed by atoms with E-state index in [1.54, 1.807) is 0 Å². The van der Waals surface area contributed by atoms with Crippen molar-refractivity contribution in [2.45, 2.75) is 31.1 Å². The molecule has 6 atom stereocenters. The summed E-state index contributed by atoms with van der Waals surface area (Å²) in [5.41, 5.74) is 19.8. The summed E-state index contributed by atoms with van der Waals surface area (Å²) in [4.78, 5) is 5.11. The summed E-state index contributed by atoms with van der Waals surface area (Å²) in [6.45, 7) is 0. The molecule has 4 heteroatoms. The Morgan fingerprint density at radius 1 is 0.419 bits per heavy atom. The molecule has 2 aromatic heterocycles. The molecule has 4 fully saturated rings. The van der Waals surface area contributed by atoms with Crippen LogP contribution < -0.4 is 9.80 Å². The van der Waals surface area contributed by atoms with E-state index in [0.29, 0.717) is 17.3 Å². The smallest absolute Gasteiger partial charge is 0.145 e. The van der Waals surface area contributed by atoms with E-state index in [4.69, 9.17) is 4.42 Å². The van der Waals surface area contributed by atoms with Crippen molar-refractivity contribution in [2.75, 3.05) is 9.80 Å². The van der Waals surface area contributed by atoms with Crippen LogP contribution in [0.2, 0.25) is 0 Å². The molecule has 4 saturated carbocycles. The van der Waals surface area contributed by atoms with Gasteiger partial charge in [0.1, 0.15) is 11.2 Å². The van der Waals surface area contributed by atoms with Gasteiger partial charge >= 0.3 is 0 Å². The second-order valence-electron chi connectivity index (χ2n) is 21.9. The molecule has 5 aliphatic rings. The summed E-state index contributed by atoms with van der Waals surface area (Å²) in [6, 6.07) is 85.6. The summed E-state index contributed by atoms with van der Waals surface area (Å²) < 4.78 is 10.2. The fourth-order valence-electron chi connectivity index (χ4n) is 16.2. The molecule has 12 aromatic rings. The van der Waals surface area contributed by atoms with Crippen LogP contribution in [0.5, 0.6) is 0 Å². The Labute approximate surface area is 434 Å². The Balaban J connectivity index is 0.982. The lowest BCUT2D eigenvalue weighted by Gasteiger charge is -2.70. The van der Waals surface area contributed by atoms with Gasteiger partial charge in [0.25, 0.3) is 0 Å². The summed E-state index contributed by atoms with van der Waals surface area (Å²) in [5.74, 6) is 2.77. The minimum atomic E-state index is -0.182. The fraction of sp³-hybridized carbons (Fsp3) is 0.143. The van der Waals surface area contributed by atoms with Crippen molar-refractivity contribution < 1.29 is 4.42 Å². The van der Waals surface area contributed by atoms with E-state index in [0.717, 1.165) is 51.1 Å². The van der Waals surface area contributed by atoms with Crippen LogP contribution in [0.3, 0.4) is 0 Å². The molecule has 2 bridgehead atoms. The minimum Gasteiger partial charge on any atom is -0.455 e. The van der Waals surface area contributed by atoms with Crippen molar-refractivity contribution in [3.05, 3.63) is 242 Å². The topological polar surface area (TPSA) is 19.6 Å².